The van der Waals surface area contributed by atoms with Gasteiger partial charge in [-0.3, -0.25) is 4.79 Å². The molecule has 0 aromatic rings. The van der Waals surface area contributed by atoms with Crippen LogP contribution >= 0.6 is 0 Å². The van der Waals surface area contributed by atoms with E-state index in [0.717, 1.165) is 12.8 Å². The molecule has 0 aromatic heterocycles. The number of hydrogen-bond acceptors (Lipinski definition) is 2. The van der Waals surface area contributed by atoms with Crippen LogP contribution in [0.5, 0.6) is 0 Å². The summed E-state index contributed by atoms with van der Waals surface area (Å²) in [6.45, 7) is 16.5. The second-order valence-electron chi connectivity index (χ2n) is 7.96. The standard InChI is InChI=1S/C16H33NO2/c1-12(2)10-14(3,4)13(18)17-15(5,6)11-16(7,8)19-9/h12H,10-11H2,1-9H3,(H,17,18). The third kappa shape index (κ3) is 6.95. The molecule has 3 heteroatoms. The van der Waals surface area contributed by atoms with Crippen molar-refractivity contribution in [3.05, 3.63) is 0 Å². The maximum atomic E-state index is 12.4. The van der Waals surface area contributed by atoms with Gasteiger partial charge in [0.15, 0.2) is 0 Å². The van der Waals surface area contributed by atoms with Crippen molar-refractivity contribution in [1.82, 2.24) is 5.32 Å². The van der Waals surface area contributed by atoms with E-state index in [1.165, 1.54) is 0 Å². The molecule has 0 aliphatic heterocycles. The van der Waals surface area contributed by atoms with Crippen LogP contribution in [0, 0.1) is 11.3 Å². The summed E-state index contributed by atoms with van der Waals surface area (Å²) in [6, 6.07) is 0. The molecule has 0 heterocycles. The smallest absolute Gasteiger partial charge is 0.226 e. The highest BCUT2D eigenvalue weighted by Crippen LogP contribution is 2.28. The van der Waals surface area contributed by atoms with Crippen molar-refractivity contribution in [2.24, 2.45) is 11.3 Å². The highest BCUT2D eigenvalue weighted by Gasteiger charge is 2.35. The predicted octanol–water partition coefficient (Wildman–Crippen LogP) is 3.77. The Morgan fingerprint density at radius 1 is 1.11 bits per heavy atom. The van der Waals surface area contributed by atoms with Crippen LogP contribution in [0.2, 0.25) is 0 Å². The molecule has 19 heavy (non-hydrogen) atoms. The molecule has 0 aliphatic rings. The van der Waals surface area contributed by atoms with E-state index in [1.807, 2.05) is 27.7 Å². The van der Waals surface area contributed by atoms with Gasteiger partial charge in [-0.2, -0.15) is 0 Å². The Hall–Kier alpha value is -0.570. The molecular weight excluding hydrogens is 238 g/mol. The molecule has 0 spiro atoms. The molecule has 0 aromatic carbocycles. The molecule has 0 aliphatic carbocycles. The second-order valence-corrected chi connectivity index (χ2v) is 7.96. The minimum absolute atomic E-state index is 0.123. The van der Waals surface area contributed by atoms with E-state index in [0.29, 0.717) is 5.92 Å². The average Bonchev–Trinajstić information content (AvgIpc) is 2.12. The van der Waals surface area contributed by atoms with E-state index in [4.69, 9.17) is 4.74 Å². The van der Waals surface area contributed by atoms with Gasteiger partial charge >= 0.3 is 0 Å². The first-order valence-electron chi connectivity index (χ1n) is 7.19. The summed E-state index contributed by atoms with van der Waals surface area (Å²) in [5.41, 5.74) is -0.841. The zero-order valence-electron chi connectivity index (χ0n) is 14.3. The van der Waals surface area contributed by atoms with Gasteiger partial charge in [-0.1, -0.05) is 27.7 Å². The summed E-state index contributed by atoms with van der Waals surface area (Å²) < 4.78 is 5.45. The Kier molecular flexibility index (Phi) is 6.07. The van der Waals surface area contributed by atoms with Crippen LogP contribution in [0.1, 0.15) is 68.2 Å². The third-order valence-corrected chi connectivity index (χ3v) is 3.41. The van der Waals surface area contributed by atoms with Gasteiger partial charge in [0.2, 0.25) is 5.91 Å². The summed E-state index contributed by atoms with van der Waals surface area (Å²) >= 11 is 0. The lowest BCUT2D eigenvalue weighted by Gasteiger charge is -2.37. The number of carbonyl (C=O) groups excluding carboxylic acids is 1. The lowest BCUT2D eigenvalue weighted by atomic mass is 9.81. The molecule has 0 saturated carbocycles. The lowest BCUT2D eigenvalue weighted by molar-refractivity contribution is -0.132. The minimum atomic E-state index is -0.331. The van der Waals surface area contributed by atoms with Crippen molar-refractivity contribution in [3.8, 4) is 0 Å². The molecule has 0 fully saturated rings. The quantitative estimate of drug-likeness (QED) is 0.765. The van der Waals surface area contributed by atoms with Gasteiger partial charge < -0.3 is 10.1 Å². The van der Waals surface area contributed by atoms with Crippen LogP contribution in [-0.2, 0) is 9.53 Å². The van der Waals surface area contributed by atoms with Crippen LogP contribution in [0.25, 0.3) is 0 Å². The van der Waals surface area contributed by atoms with E-state index in [9.17, 15) is 4.79 Å². The van der Waals surface area contributed by atoms with Gasteiger partial charge in [-0.15, -0.1) is 0 Å². The fourth-order valence-corrected chi connectivity index (χ4v) is 2.77. The number of nitrogens with one attached hydrogen (secondary N) is 1. The Bertz CT molecular complexity index is 304. The van der Waals surface area contributed by atoms with Crippen molar-refractivity contribution >= 4 is 5.91 Å². The van der Waals surface area contributed by atoms with E-state index in [1.54, 1.807) is 7.11 Å². The van der Waals surface area contributed by atoms with Gasteiger partial charge in [-0.05, 0) is 46.5 Å². The van der Waals surface area contributed by atoms with Gasteiger partial charge in [0, 0.05) is 18.1 Å². The lowest BCUT2D eigenvalue weighted by Crippen LogP contribution is -2.52. The van der Waals surface area contributed by atoms with Crippen molar-refractivity contribution in [2.45, 2.75) is 79.4 Å². The monoisotopic (exact) mass is 271 g/mol. The van der Waals surface area contributed by atoms with E-state index >= 15 is 0 Å². The number of methoxy groups -OCH3 is 1. The molecule has 1 N–H and O–H groups in total. The number of rotatable bonds is 7. The molecule has 0 atom stereocenters. The predicted molar refractivity (Wildman–Crippen MR) is 81.2 cm³/mol. The second kappa shape index (κ2) is 6.25. The molecule has 0 saturated heterocycles. The normalized spacial score (nSPS) is 13.8. The first kappa shape index (κ1) is 18.4. The maximum Gasteiger partial charge on any atom is 0.226 e. The molecule has 1 amide bonds. The fraction of sp³-hybridized carbons (Fsp3) is 0.938. The van der Waals surface area contributed by atoms with Crippen molar-refractivity contribution in [1.29, 1.82) is 0 Å². The van der Waals surface area contributed by atoms with Crippen molar-refractivity contribution < 1.29 is 9.53 Å². The highest BCUT2D eigenvalue weighted by molar-refractivity contribution is 5.82. The highest BCUT2D eigenvalue weighted by atomic mass is 16.5. The SMILES string of the molecule is COC(C)(C)CC(C)(C)NC(=O)C(C)(C)CC(C)C. The van der Waals surface area contributed by atoms with Crippen LogP contribution < -0.4 is 5.32 Å². The van der Waals surface area contributed by atoms with E-state index in [2.05, 4.69) is 33.0 Å². The van der Waals surface area contributed by atoms with Crippen molar-refractivity contribution in [2.75, 3.05) is 7.11 Å². The Morgan fingerprint density at radius 3 is 1.95 bits per heavy atom. The molecule has 0 bridgehead atoms. The number of ether oxygens (including phenoxy) is 1. The molecule has 0 radical (unpaired) electrons. The molecule has 114 valence electrons. The summed E-state index contributed by atoms with van der Waals surface area (Å²) in [6.07, 6.45) is 1.67. The van der Waals surface area contributed by atoms with Gasteiger partial charge in [-0.25, -0.2) is 0 Å². The Labute approximate surface area is 119 Å². The molecule has 3 nitrogen and oxygen atoms in total. The maximum absolute atomic E-state index is 12.4. The summed E-state index contributed by atoms with van der Waals surface area (Å²) in [4.78, 5) is 12.4. The largest absolute Gasteiger partial charge is 0.379 e. The summed E-state index contributed by atoms with van der Waals surface area (Å²) in [7, 11) is 1.71. The Balaban J connectivity index is 4.70. The molecule has 0 unspecified atom stereocenters. The zero-order valence-corrected chi connectivity index (χ0v) is 14.3. The molecule has 0 rings (SSSR count). The van der Waals surface area contributed by atoms with E-state index in [-0.39, 0.29) is 22.5 Å². The first-order valence-corrected chi connectivity index (χ1v) is 7.19. The first-order chi connectivity index (χ1) is 8.31. The van der Waals surface area contributed by atoms with E-state index < -0.39 is 0 Å². The van der Waals surface area contributed by atoms with Gasteiger partial charge in [0.1, 0.15) is 0 Å². The van der Waals surface area contributed by atoms with Crippen LogP contribution in [-0.4, -0.2) is 24.2 Å². The number of amides is 1. The Morgan fingerprint density at radius 2 is 1.58 bits per heavy atom. The number of carbonyl (C=O) groups is 1. The average molecular weight is 271 g/mol. The van der Waals surface area contributed by atoms with Gasteiger partial charge in [0.25, 0.3) is 0 Å². The fourth-order valence-electron chi connectivity index (χ4n) is 2.77. The molecular formula is C16H33NO2. The van der Waals surface area contributed by atoms with Crippen LogP contribution in [0.15, 0.2) is 0 Å². The topological polar surface area (TPSA) is 38.3 Å². The van der Waals surface area contributed by atoms with Crippen molar-refractivity contribution in [3.63, 3.8) is 0 Å². The number of hydrogen-bond donors (Lipinski definition) is 1. The zero-order chi connectivity index (χ0) is 15.5. The third-order valence-electron chi connectivity index (χ3n) is 3.41. The van der Waals surface area contributed by atoms with Crippen LogP contribution in [0.3, 0.4) is 0 Å². The van der Waals surface area contributed by atoms with Crippen LogP contribution in [0.4, 0.5) is 0 Å². The summed E-state index contributed by atoms with van der Waals surface area (Å²) in [5, 5.41) is 3.17. The summed E-state index contributed by atoms with van der Waals surface area (Å²) in [5.74, 6) is 0.636. The van der Waals surface area contributed by atoms with Gasteiger partial charge in [0.05, 0.1) is 5.60 Å². The minimum Gasteiger partial charge on any atom is -0.379 e.